The summed E-state index contributed by atoms with van der Waals surface area (Å²) >= 11 is 1.35. The number of thiazole rings is 1. The van der Waals surface area contributed by atoms with Crippen molar-refractivity contribution in [3.05, 3.63) is 89.0 Å². The van der Waals surface area contributed by atoms with Crippen LogP contribution in [0, 0.1) is 6.92 Å². The lowest BCUT2D eigenvalue weighted by Gasteiger charge is -2.23. The van der Waals surface area contributed by atoms with E-state index in [2.05, 4.69) is 0 Å². The highest BCUT2D eigenvalue weighted by molar-refractivity contribution is 7.22. The Labute approximate surface area is 225 Å². The summed E-state index contributed by atoms with van der Waals surface area (Å²) in [6, 6.07) is 19.5. The Morgan fingerprint density at radius 1 is 1.03 bits per heavy atom. The Morgan fingerprint density at radius 3 is 2.34 bits per heavy atom. The van der Waals surface area contributed by atoms with Gasteiger partial charge in [0, 0.05) is 25.3 Å². The molecule has 0 radical (unpaired) electrons. The number of ether oxygens (including phenoxy) is 1. The first kappa shape index (κ1) is 25.5. The second-order valence-electron chi connectivity index (χ2n) is 9.81. The van der Waals surface area contributed by atoms with Crippen molar-refractivity contribution in [2.75, 3.05) is 23.9 Å². The number of anilines is 2. The van der Waals surface area contributed by atoms with Crippen molar-refractivity contribution in [3.63, 3.8) is 0 Å². The summed E-state index contributed by atoms with van der Waals surface area (Å²) in [5.74, 6) is -1.05. The molecule has 1 saturated heterocycles. The average Bonchev–Trinajstić information content (AvgIpc) is 3.41. The van der Waals surface area contributed by atoms with Crippen LogP contribution in [0.15, 0.2) is 72.3 Å². The molecule has 0 bridgehead atoms. The second kappa shape index (κ2) is 9.95. The number of carbonyl (C=O) groups is 2. The summed E-state index contributed by atoms with van der Waals surface area (Å²) in [5.41, 5.74) is 3.96. The van der Waals surface area contributed by atoms with Crippen LogP contribution in [0.4, 0.5) is 10.8 Å². The molecular weight excluding hydrogens is 498 g/mol. The standard InChI is InChI=1S/C30H29N3O4S/c1-17(2)37-22-13-9-20(10-14-22)27(34)25-26(19-7-11-21(12-8-19)32(4)5)33(29(36)28(25)35)30-31-23-15-6-18(3)16-24(23)38-30/h6-17,26,34H,1-5H3/b27-25+. The average molecular weight is 528 g/mol. The maximum absolute atomic E-state index is 13.5. The van der Waals surface area contributed by atoms with Crippen LogP contribution < -0.4 is 14.5 Å². The van der Waals surface area contributed by atoms with Crippen LogP contribution in [0.3, 0.4) is 0 Å². The molecule has 1 atom stereocenters. The van der Waals surface area contributed by atoms with Crippen LogP contribution in [-0.4, -0.2) is 42.0 Å². The number of aliphatic hydroxyl groups is 1. The summed E-state index contributed by atoms with van der Waals surface area (Å²) in [7, 11) is 3.88. The molecule has 1 N–H and O–H groups in total. The fourth-order valence-corrected chi connectivity index (χ4v) is 5.63. The van der Waals surface area contributed by atoms with Crippen LogP contribution >= 0.6 is 11.3 Å². The van der Waals surface area contributed by atoms with Crippen LogP contribution in [0.1, 0.15) is 36.6 Å². The van der Waals surface area contributed by atoms with E-state index in [0.29, 0.717) is 22.0 Å². The maximum Gasteiger partial charge on any atom is 0.301 e. The van der Waals surface area contributed by atoms with Gasteiger partial charge in [0.15, 0.2) is 5.13 Å². The van der Waals surface area contributed by atoms with Crippen molar-refractivity contribution in [1.29, 1.82) is 0 Å². The zero-order valence-corrected chi connectivity index (χ0v) is 22.7. The van der Waals surface area contributed by atoms with Gasteiger partial charge in [-0.15, -0.1) is 0 Å². The molecule has 1 fully saturated rings. The van der Waals surface area contributed by atoms with Gasteiger partial charge in [0.1, 0.15) is 11.5 Å². The van der Waals surface area contributed by atoms with Gasteiger partial charge >= 0.3 is 5.91 Å². The van der Waals surface area contributed by atoms with Crippen molar-refractivity contribution in [2.24, 2.45) is 0 Å². The monoisotopic (exact) mass is 527 g/mol. The number of hydrogen-bond donors (Lipinski definition) is 1. The highest BCUT2D eigenvalue weighted by atomic mass is 32.1. The van der Waals surface area contributed by atoms with Gasteiger partial charge in [0.2, 0.25) is 0 Å². The number of hydrogen-bond acceptors (Lipinski definition) is 7. The molecule has 194 valence electrons. The van der Waals surface area contributed by atoms with Crippen molar-refractivity contribution in [1.82, 2.24) is 4.98 Å². The fraction of sp³-hybridized carbons (Fsp3) is 0.233. The molecule has 38 heavy (non-hydrogen) atoms. The van der Waals surface area contributed by atoms with Crippen LogP contribution in [0.25, 0.3) is 16.0 Å². The number of aromatic nitrogens is 1. The Kier molecular flexibility index (Phi) is 6.67. The predicted molar refractivity (Wildman–Crippen MR) is 152 cm³/mol. The minimum Gasteiger partial charge on any atom is -0.507 e. The summed E-state index contributed by atoms with van der Waals surface area (Å²) in [6.45, 7) is 5.86. The lowest BCUT2D eigenvalue weighted by atomic mass is 9.95. The molecule has 3 aromatic carbocycles. The molecule has 1 unspecified atom stereocenters. The van der Waals surface area contributed by atoms with Gasteiger partial charge in [-0.05, 0) is 80.4 Å². The van der Waals surface area contributed by atoms with Gasteiger partial charge in [-0.1, -0.05) is 29.5 Å². The minimum atomic E-state index is -0.834. The quantitative estimate of drug-likeness (QED) is 0.186. The number of nitrogens with zero attached hydrogens (tertiary/aromatic N) is 3. The zero-order chi connectivity index (χ0) is 27.1. The first-order chi connectivity index (χ1) is 18.1. The van der Waals surface area contributed by atoms with Crippen LogP contribution in [0.5, 0.6) is 5.75 Å². The Hall–Kier alpha value is -4.17. The third kappa shape index (κ3) is 4.63. The SMILES string of the molecule is Cc1ccc2nc(N3C(=O)C(=O)/C(=C(/O)c4ccc(OC(C)C)cc4)C3c3ccc(N(C)C)cc3)sc2c1. The molecule has 0 spiro atoms. The topological polar surface area (TPSA) is 83.0 Å². The Morgan fingerprint density at radius 2 is 1.71 bits per heavy atom. The molecule has 8 heteroatoms. The number of carbonyl (C=O) groups excluding carboxylic acids is 2. The number of rotatable bonds is 6. The largest absolute Gasteiger partial charge is 0.507 e. The van der Waals surface area contributed by atoms with E-state index in [1.165, 1.54) is 16.2 Å². The van der Waals surface area contributed by atoms with Gasteiger partial charge in [-0.3, -0.25) is 14.5 Å². The number of fused-ring (bicyclic) bond motifs is 1. The van der Waals surface area contributed by atoms with Gasteiger partial charge in [0.25, 0.3) is 5.78 Å². The molecule has 4 aromatic rings. The molecule has 5 rings (SSSR count). The molecule has 2 heterocycles. The Balaban J connectivity index is 1.66. The highest BCUT2D eigenvalue weighted by Crippen LogP contribution is 2.44. The first-order valence-electron chi connectivity index (χ1n) is 12.4. The van der Waals surface area contributed by atoms with E-state index in [1.54, 1.807) is 24.3 Å². The summed E-state index contributed by atoms with van der Waals surface area (Å²) in [5, 5.41) is 11.8. The third-order valence-electron chi connectivity index (χ3n) is 6.41. The van der Waals surface area contributed by atoms with Gasteiger partial charge in [0.05, 0.1) is 27.9 Å². The van der Waals surface area contributed by atoms with Crippen molar-refractivity contribution >= 4 is 49.8 Å². The van der Waals surface area contributed by atoms with E-state index in [1.807, 2.05) is 82.2 Å². The number of aryl methyl sites for hydroxylation is 1. The maximum atomic E-state index is 13.5. The molecular formula is C30H29N3O4S. The second-order valence-corrected chi connectivity index (χ2v) is 10.8. The van der Waals surface area contributed by atoms with E-state index >= 15 is 0 Å². The van der Waals surface area contributed by atoms with Crippen molar-refractivity contribution in [3.8, 4) is 5.75 Å². The van der Waals surface area contributed by atoms with Crippen molar-refractivity contribution in [2.45, 2.75) is 32.9 Å². The van der Waals surface area contributed by atoms with E-state index < -0.39 is 17.7 Å². The number of benzene rings is 3. The predicted octanol–water partition coefficient (Wildman–Crippen LogP) is 6.08. The zero-order valence-electron chi connectivity index (χ0n) is 21.9. The molecule has 1 aliphatic rings. The van der Waals surface area contributed by atoms with Gasteiger partial charge in [-0.2, -0.15) is 0 Å². The van der Waals surface area contributed by atoms with Gasteiger partial charge in [-0.25, -0.2) is 4.98 Å². The third-order valence-corrected chi connectivity index (χ3v) is 7.43. The van der Waals surface area contributed by atoms with Crippen LogP contribution in [-0.2, 0) is 9.59 Å². The highest BCUT2D eigenvalue weighted by Gasteiger charge is 2.48. The molecule has 1 aromatic heterocycles. The lowest BCUT2D eigenvalue weighted by molar-refractivity contribution is -0.132. The van der Waals surface area contributed by atoms with E-state index in [0.717, 1.165) is 21.5 Å². The number of aliphatic hydroxyl groups excluding tert-OH is 1. The van der Waals surface area contributed by atoms with Crippen LogP contribution in [0.2, 0.25) is 0 Å². The number of Topliss-reactive ketones (excluding diaryl/α,β-unsaturated/α-hetero) is 1. The smallest absolute Gasteiger partial charge is 0.301 e. The Bertz CT molecular complexity index is 1550. The van der Waals surface area contributed by atoms with Crippen molar-refractivity contribution < 1.29 is 19.4 Å². The first-order valence-corrected chi connectivity index (χ1v) is 13.2. The van der Waals surface area contributed by atoms with Gasteiger partial charge < -0.3 is 14.7 Å². The fourth-order valence-electron chi connectivity index (χ4n) is 4.54. The van der Waals surface area contributed by atoms with E-state index in [-0.39, 0.29) is 17.4 Å². The summed E-state index contributed by atoms with van der Waals surface area (Å²) in [4.78, 5) is 35.1. The molecule has 1 amide bonds. The normalized spacial score (nSPS) is 17.0. The van der Waals surface area contributed by atoms with E-state index in [9.17, 15) is 14.7 Å². The number of ketones is 1. The number of amides is 1. The lowest BCUT2D eigenvalue weighted by Crippen LogP contribution is -2.29. The van der Waals surface area contributed by atoms with E-state index in [4.69, 9.17) is 9.72 Å². The molecule has 0 saturated carbocycles. The summed E-state index contributed by atoms with van der Waals surface area (Å²) in [6.07, 6.45) is 0.00232. The minimum absolute atomic E-state index is 0.00232. The molecule has 7 nitrogen and oxygen atoms in total. The molecule has 0 aliphatic carbocycles. The molecule has 1 aliphatic heterocycles. The summed E-state index contributed by atoms with van der Waals surface area (Å²) < 4.78 is 6.63.